The number of carbonyl (C=O) groups is 1. The normalized spacial score (nSPS) is 11.5. The van der Waals surface area contributed by atoms with E-state index in [2.05, 4.69) is 20.8 Å². The number of nitrogens with one attached hydrogen (secondary N) is 1. The number of carboxylic acid groups (broad SMARTS) is 1. The van der Waals surface area contributed by atoms with E-state index in [1.165, 1.54) is 6.07 Å². The van der Waals surface area contributed by atoms with Gasteiger partial charge in [-0.2, -0.15) is 0 Å². The Morgan fingerprint density at radius 3 is 2.73 bits per heavy atom. The lowest BCUT2D eigenvalue weighted by Crippen LogP contribution is -2.26. The monoisotopic (exact) mass is 315 g/mol. The predicted octanol–water partition coefficient (Wildman–Crippen LogP) is 0.805. The van der Waals surface area contributed by atoms with Gasteiger partial charge in [0, 0.05) is 0 Å². The molecule has 15 heavy (non-hydrogen) atoms. The van der Waals surface area contributed by atoms with E-state index in [1.54, 1.807) is 11.0 Å². The molecule has 0 atom stereocenters. The highest BCUT2D eigenvalue weighted by molar-refractivity contribution is 9.11. The van der Waals surface area contributed by atoms with Gasteiger partial charge in [-0.25, -0.2) is 13.2 Å². The molecular formula is C6H6BrNO5S2. The van der Waals surface area contributed by atoms with E-state index in [0.29, 0.717) is 3.79 Å². The van der Waals surface area contributed by atoms with Crippen molar-refractivity contribution in [2.24, 2.45) is 0 Å². The van der Waals surface area contributed by atoms with Crippen LogP contribution in [0.3, 0.4) is 0 Å². The fourth-order valence-electron chi connectivity index (χ4n) is 0.652. The van der Waals surface area contributed by atoms with Crippen molar-refractivity contribution in [3.8, 4) is 0 Å². The molecule has 0 spiro atoms. The smallest absolute Gasteiger partial charge is 0.331 e. The number of hydrogen-bond acceptors (Lipinski definition) is 5. The summed E-state index contributed by atoms with van der Waals surface area (Å²) in [6.07, 6.45) is 0. The van der Waals surface area contributed by atoms with Crippen molar-refractivity contribution in [2.75, 3.05) is 6.61 Å². The molecule has 0 aliphatic rings. The Bertz CT molecular complexity index is 454. The molecule has 0 aromatic carbocycles. The summed E-state index contributed by atoms with van der Waals surface area (Å²) in [5.41, 5.74) is 0. The topological polar surface area (TPSA) is 92.7 Å². The van der Waals surface area contributed by atoms with Gasteiger partial charge < -0.3 is 5.11 Å². The molecule has 1 aromatic heterocycles. The minimum Gasteiger partial charge on any atom is -0.479 e. The molecule has 1 aromatic rings. The highest BCUT2D eigenvalue weighted by Gasteiger charge is 2.16. The maximum Gasteiger partial charge on any atom is 0.331 e. The number of sulfonamides is 1. The standard InChI is InChI=1S/C6H6BrNO5S2/c7-4-1-2-6(14-4)15(11,12)8-13-3-5(9)10/h1-2,8H,3H2,(H,9,10). The third-order valence-corrected chi connectivity index (χ3v) is 4.51. The summed E-state index contributed by atoms with van der Waals surface area (Å²) in [6, 6.07) is 2.94. The molecule has 84 valence electrons. The molecule has 0 radical (unpaired) electrons. The van der Waals surface area contributed by atoms with Gasteiger partial charge >= 0.3 is 5.97 Å². The van der Waals surface area contributed by atoms with E-state index in [1.807, 2.05) is 0 Å². The molecule has 1 heterocycles. The van der Waals surface area contributed by atoms with Crippen LogP contribution in [0.5, 0.6) is 0 Å². The van der Waals surface area contributed by atoms with Crippen LogP contribution < -0.4 is 4.89 Å². The molecule has 0 bridgehead atoms. The Morgan fingerprint density at radius 2 is 2.27 bits per heavy atom. The Balaban J connectivity index is 2.64. The molecule has 0 saturated heterocycles. The Kier molecular flexibility index (Phi) is 4.22. The van der Waals surface area contributed by atoms with Crippen molar-refractivity contribution in [3.05, 3.63) is 15.9 Å². The minimum absolute atomic E-state index is 0.0414. The zero-order valence-corrected chi connectivity index (χ0v) is 10.4. The van der Waals surface area contributed by atoms with Gasteiger partial charge in [-0.05, 0) is 28.1 Å². The molecule has 0 aliphatic carbocycles. The molecule has 1 rings (SSSR count). The van der Waals surface area contributed by atoms with Crippen LogP contribution in [0.4, 0.5) is 0 Å². The summed E-state index contributed by atoms with van der Waals surface area (Å²) in [4.78, 5) is 16.0. The number of aliphatic carboxylic acids is 1. The van der Waals surface area contributed by atoms with E-state index in [4.69, 9.17) is 5.11 Å². The molecule has 0 aliphatic heterocycles. The summed E-state index contributed by atoms with van der Waals surface area (Å²) in [7, 11) is -3.78. The Labute approximate surface area is 98.0 Å². The molecule has 0 amide bonds. The second-order valence-corrected chi connectivity index (χ2v) is 6.66. The second-order valence-electron chi connectivity index (χ2n) is 2.33. The third-order valence-electron chi connectivity index (χ3n) is 1.18. The van der Waals surface area contributed by atoms with Gasteiger partial charge in [0.15, 0.2) is 6.61 Å². The molecule has 0 unspecified atom stereocenters. The van der Waals surface area contributed by atoms with Crippen LogP contribution in [0, 0.1) is 0 Å². The van der Waals surface area contributed by atoms with Crippen molar-refractivity contribution in [2.45, 2.75) is 4.21 Å². The predicted molar refractivity (Wildman–Crippen MR) is 55.9 cm³/mol. The van der Waals surface area contributed by atoms with Crippen LogP contribution in [0.15, 0.2) is 20.1 Å². The van der Waals surface area contributed by atoms with E-state index < -0.39 is 22.6 Å². The fraction of sp³-hybridized carbons (Fsp3) is 0.167. The average molecular weight is 316 g/mol. The van der Waals surface area contributed by atoms with Gasteiger partial charge in [0.25, 0.3) is 10.0 Å². The summed E-state index contributed by atoms with van der Waals surface area (Å²) >= 11 is 4.10. The maximum absolute atomic E-state index is 11.4. The van der Waals surface area contributed by atoms with E-state index >= 15 is 0 Å². The largest absolute Gasteiger partial charge is 0.479 e. The molecule has 0 saturated carbocycles. The number of carboxylic acids is 1. The van der Waals surface area contributed by atoms with Crippen molar-refractivity contribution >= 4 is 43.3 Å². The molecule has 0 fully saturated rings. The number of hydrogen-bond donors (Lipinski definition) is 2. The van der Waals surface area contributed by atoms with Crippen LogP contribution in [0.2, 0.25) is 0 Å². The van der Waals surface area contributed by atoms with E-state index in [9.17, 15) is 13.2 Å². The van der Waals surface area contributed by atoms with Crippen LogP contribution in [-0.4, -0.2) is 26.1 Å². The first-order valence-electron chi connectivity index (χ1n) is 3.52. The van der Waals surface area contributed by atoms with Crippen molar-refractivity contribution in [1.82, 2.24) is 4.89 Å². The first kappa shape index (κ1) is 12.6. The highest BCUT2D eigenvalue weighted by atomic mass is 79.9. The average Bonchev–Trinajstić information content (AvgIpc) is 2.51. The zero-order valence-electron chi connectivity index (χ0n) is 7.14. The molecular weight excluding hydrogens is 310 g/mol. The molecule has 6 nitrogen and oxygen atoms in total. The summed E-state index contributed by atoms with van der Waals surface area (Å²) in [5, 5.41) is 8.22. The molecule has 2 N–H and O–H groups in total. The summed E-state index contributed by atoms with van der Waals surface area (Å²) in [6.45, 7) is -0.730. The third kappa shape index (κ3) is 3.87. The lowest BCUT2D eigenvalue weighted by atomic mass is 10.7. The number of rotatable bonds is 5. The fourth-order valence-corrected chi connectivity index (χ4v) is 3.45. The van der Waals surface area contributed by atoms with E-state index in [0.717, 1.165) is 11.3 Å². The lowest BCUT2D eigenvalue weighted by molar-refractivity contribution is -0.143. The first-order chi connectivity index (χ1) is 6.92. The Hall–Kier alpha value is -0.480. The lowest BCUT2D eigenvalue weighted by Gasteiger charge is -2.02. The summed E-state index contributed by atoms with van der Waals surface area (Å²) in [5.74, 6) is -1.26. The van der Waals surface area contributed by atoms with Gasteiger partial charge in [0.1, 0.15) is 4.21 Å². The second kappa shape index (κ2) is 5.03. The maximum atomic E-state index is 11.4. The molecule has 9 heteroatoms. The highest BCUT2D eigenvalue weighted by Crippen LogP contribution is 2.25. The quantitative estimate of drug-likeness (QED) is 0.784. The minimum atomic E-state index is -3.78. The Morgan fingerprint density at radius 1 is 1.60 bits per heavy atom. The van der Waals surface area contributed by atoms with Crippen molar-refractivity contribution < 1.29 is 23.2 Å². The van der Waals surface area contributed by atoms with Gasteiger partial charge in [-0.3, -0.25) is 4.84 Å². The van der Waals surface area contributed by atoms with Gasteiger partial charge in [0.2, 0.25) is 0 Å². The van der Waals surface area contributed by atoms with Crippen LogP contribution in [-0.2, 0) is 19.7 Å². The zero-order chi connectivity index (χ0) is 11.5. The SMILES string of the molecule is O=C(O)CONS(=O)(=O)c1ccc(Br)s1. The number of thiophene rings is 1. The number of halogens is 1. The van der Waals surface area contributed by atoms with Gasteiger partial charge in [0.05, 0.1) is 3.79 Å². The van der Waals surface area contributed by atoms with Gasteiger partial charge in [-0.1, -0.05) is 4.89 Å². The van der Waals surface area contributed by atoms with E-state index in [-0.39, 0.29) is 4.21 Å². The van der Waals surface area contributed by atoms with Crippen LogP contribution in [0.25, 0.3) is 0 Å². The first-order valence-corrected chi connectivity index (χ1v) is 6.62. The summed E-state index contributed by atoms with van der Waals surface area (Å²) < 4.78 is 23.5. The van der Waals surface area contributed by atoms with Gasteiger partial charge in [-0.15, -0.1) is 11.3 Å². The van der Waals surface area contributed by atoms with Crippen LogP contribution in [0.1, 0.15) is 0 Å². The van der Waals surface area contributed by atoms with Crippen molar-refractivity contribution in [3.63, 3.8) is 0 Å². The van der Waals surface area contributed by atoms with Crippen molar-refractivity contribution in [1.29, 1.82) is 0 Å². The van der Waals surface area contributed by atoms with Crippen LogP contribution >= 0.6 is 27.3 Å².